The van der Waals surface area contributed by atoms with Crippen LogP contribution in [0.5, 0.6) is 0 Å². The van der Waals surface area contributed by atoms with Crippen LogP contribution in [0.2, 0.25) is 5.02 Å². The molecule has 0 aliphatic heterocycles. The minimum Gasteiger partial charge on any atom is -0.481 e. The number of carboxylic acids is 1. The van der Waals surface area contributed by atoms with Crippen LogP contribution in [-0.2, 0) is 4.79 Å². The Balaban J connectivity index is 0.000000164. The molecule has 2 aromatic rings. The second-order valence-electron chi connectivity index (χ2n) is 5.74. The van der Waals surface area contributed by atoms with E-state index in [-0.39, 0.29) is 11.3 Å². The molecular weight excluding hydrogens is 306 g/mol. The van der Waals surface area contributed by atoms with Crippen molar-refractivity contribution in [3.05, 3.63) is 35.0 Å². The van der Waals surface area contributed by atoms with Crippen LogP contribution in [0.1, 0.15) is 23.7 Å². The summed E-state index contributed by atoms with van der Waals surface area (Å²) in [6.45, 7) is 2.81. The highest BCUT2D eigenvalue weighted by molar-refractivity contribution is 6.35. The number of carbonyl (C=O) groups is 2. The molecule has 6 heteroatoms. The van der Waals surface area contributed by atoms with E-state index in [1.165, 1.54) is 0 Å². The van der Waals surface area contributed by atoms with Crippen LogP contribution >= 0.6 is 11.6 Å². The second-order valence-corrected chi connectivity index (χ2v) is 6.15. The van der Waals surface area contributed by atoms with Crippen LogP contribution in [0, 0.1) is 11.3 Å². The normalized spacial score (nSPS) is 22.8. The number of hydrogen-bond donors (Lipinski definition) is 2. The first-order valence-electron chi connectivity index (χ1n) is 6.90. The van der Waals surface area contributed by atoms with Crippen molar-refractivity contribution in [3.8, 4) is 0 Å². The van der Waals surface area contributed by atoms with Gasteiger partial charge in [-0.05, 0) is 37.1 Å². The zero-order valence-corrected chi connectivity index (χ0v) is 13.2. The molecule has 0 spiro atoms. The fourth-order valence-electron chi connectivity index (χ4n) is 2.52. The van der Waals surface area contributed by atoms with Gasteiger partial charge in [-0.3, -0.25) is 9.59 Å². The molecule has 5 nitrogen and oxygen atoms in total. The fraction of sp³-hybridized carbons (Fsp3) is 0.375. The van der Waals surface area contributed by atoms with Gasteiger partial charge in [0.05, 0.1) is 17.2 Å². The predicted octanol–water partition coefficient (Wildman–Crippen LogP) is 3.22. The maximum Gasteiger partial charge on any atom is 0.307 e. The maximum atomic E-state index is 10.4. The maximum absolute atomic E-state index is 10.4. The van der Waals surface area contributed by atoms with Gasteiger partial charge in [-0.25, -0.2) is 0 Å². The van der Waals surface area contributed by atoms with Crippen LogP contribution in [0.4, 0.5) is 0 Å². The van der Waals surface area contributed by atoms with Crippen molar-refractivity contribution in [1.29, 1.82) is 0 Å². The highest BCUT2D eigenvalue weighted by atomic mass is 35.5. The smallest absolute Gasteiger partial charge is 0.307 e. The Hall–Kier alpha value is -1.85. The molecule has 22 heavy (non-hydrogen) atoms. The van der Waals surface area contributed by atoms with Crippen molar-refractivity contribution in [2.24, 2.45) is 11.3 Å². The SMILES string of the molecule is CNCC1(C)CC1C(=O)O.O=Cc1cc(Cl)c2occc2c1. The summed E-state index contributed by atoms with van der Waals surface area (Å²) in [5.74, 6) is -0.766. The molecule has 118 valence electrons. The largest absolute Gasteiger partial charge is 0.481 e. The number of fused-ring (bicyclic) bond motifs is 1. The monoisotopic (exact) mass is 323 g/mol. The van der Waals surface area contributed by atoms with Crippen molar-refractivity contribution in [2.75, 3.05) is 13.6 Å². The molecule has 0 amide bonds. The molecule has 2 unspecified atom stereocenters. The summed E-state index contributed by atoms with van der Waals surface area (Å²) in [6.07, 6.45) is 3.13. The number of carbonyl (C=O) groups excluding carboxylic acids is 1. The highest BCUT2D eigenvalue weighted by Crippen LogP contribution is 2.51. The average Bonchev–Trinajstić information content (AvgIpc) is 2.93. The van der Waals surface area contributed by atoms with E-state index in [4.69, 9.17) is 21.1 Å². The van der Waals surface area contributed by atoms with Crippen LogP contribution in [-0.4, -0.2) is 31.0 Å². The number of nitrogens with one attached hydrogen (secondary N) is 1. The fourth-order valence-corrected chi connectivity index (χ4v) is 2.80. The van der Waals surface area contributed by atoms with Gasteiger partial charge in [-0.2, -0.15) is 0 Å². The van der Waals surface area contributed by atoms with Gasteiger partial charge in [-0.15, -0.1) is 0 Å². The molecular formula is C16H18ClNO4. The van der Waals surface area contributed by atoms with E-state index >= 15 is 0 Å². The summed E-state index contributed by atoms with van der Waals surface area (Å²) >= 11 is 5.83. The summed E-state index contributed by atoms with van der Waals surface area (Å²) in [6, 6.07) is 5.09. The molecule has 2 atom stereocenters. The topological polar surface area (TPSA) is 79.5 Å². The molecule has 1 saturated carbocycles. The molecule has 0 radical (unpaired) electrons. The summed E-state index contributed by atoms with van der Waals surface area (Å²) in [5, 5.41) is 12.9. The van der Waals surface area contributed by atoms with Crippen molar-refractivity contribution < 1.29 is 19.1 Å². The molecule has 1 aromatic heterocycles. The van der Waals surface area contributed by atoms with Crippen molar-refractivity contribution in [3.63, 3.8) is 0 Å². The molecule has 1 aromatic carbocycles. The average molecular weight is 324 g/mol. The molecule has 3 rings (SSSR count). The number of rotatable bonds is 4. The molecule has 0 bridgehead atoms. The summed E-state index contributed by atoms with van der Waals surface area (Å²) in [4.78, 5) is 20.9. The molecule has 1 aliphatic carbocycles. The van der Waals surface area contributed by atoms with E-state index in [9.17, 15) is 9.59 Å². The van der Waals surface area contributed by atoms with Gasteiger partial charge in [0, 0.05) is 17.5 Å². The third kappa shape index (κ3) is 3.48. The standard InChI is InChI=1S/C9H5ClO2.C7H13NO2/c10-8-4-6(5-11)3-7-1-2-12-9(7)8;1-7(4-8-2)3-5(7)6(9)10/h1-5H;5,8H,3-4H2,1-2H3,(H,9,10). The van der Waals surface area contributed by atoms with Crippen LogP contribution in [0.3, 0.4) is 0 Å². The Kier molecular flexibility index (Phi) is 4.88. The first-order valence-corrected chi connectivity index (χ1v) is 7.28. The number of benzene rings is 1. The Labute approximate surface area is 133 Å². The van der Waals surface area contributed by atoms with Gasteiger partial charge in [0.2, 0.25) is 0 Å². The van der Waals surface area contributed by atoms with E-state index in [1.54, 1.807) is 24.5 Å². The quantitative estimate of drug-likeness (QED) is 0.844. The summed E-state index contributed by atoms with van der Waals surface area (Å²) in [7, 11) is 1.85. The summed E-state index contributed by atoms with van der Waals surface area (Å²) in [5.41, 5.74) is 1.22. The first-order chi connectivity index (χ1) is 10.4. The van der Waals surface area contributed by atoms with Gasteiger partial charge in [-0.1, -0.05) is 18.5 Å². The lowest BCUT2D eigenvalue weighted by Gasteiger charge is -2.06. The minimum absolute atomic E-state index is 0.0284. The van der Waals surface area contributed by atoms with Crippen molar-refractivity contribution >= 4 is 34.8 Å². The van der Waals surface area contributed by atoms with E-state index < -0.39 is 5.97 Å². The van der Waals surface area contributed by atoms with Gasteiger partial charge < -0.3 is 14.8 Å². The second kappa shape index (κ2) is 6.50. The Morgan fingerprint density at radius 3 is 2.86 bits per heavy atom. The zero-order chi connectivity index (χ0) is 16.3. The highest BCUT2D eigenvalue weighted by Gasteiger charge is 2.54. The molecule has 2 N–H and O–H groups in total. The van der Waals surface area contributed by atoms with E-state index in [0.29, 0.717) is 16.2 Å². The minimum atomic E-state index is -0.655. The Bertz CT molecular complexity index is 697. The Morgan fingerprint density at radius 1 is 1.59 bits per heavy atom. The molecule has 1 fully saturated rings. The third-order valence-corrected chi connectivity index (χ3v) is 4.18. The number of halogens is 1. The Morgan fingerprint density at radius 2 is 2.32 bits per heavy atom. The zero-order valence-electron chi connectivity index (χ0n) is 12.4. The third-order valence-electron chi connectivity index (χ3n) is 3.89. The molecule has 0 saturated heterocycles. The van der Waals surface area contributed by atoms with Gasteiger partial charge in [0.25, 0.3) is 0 Å². The van der Waals surface area contributed by atoms with Crippen LogP contribution in [0.25, 0.3) is 11.0 Å². The lowest BCUT2D eigenvalue weighted by Crippen LogP contribution is -2.21. The molecule has 1 heterocycles. The summed E-state index contributed by atoms with van der Waals surface area (Å²) < 4.78 is 5.10. The van der Waals surface area contributed by atoms with E-state index in [2.05, 4.69) is 5.32 Å². The lowest BCUT2D eigenvalue weighted by molar-refractivity contribution is -0.139. The number of furan rings is 1. The van der Waals surface area contributed by atoms with Crippen molar-refractivity contribution in [2.45, 2.75) is 13.3 Å². The number of carboxylic acid groups (broad SMARTS) is 1. The van der Waals surface area contributed by atoms with Crippen molar-refractivity contribution in [1.82, 2.24) is 5.32 Å². The first kappa shape index (κ1) is 16.5. The number of aldehydes is 1. The molecule has 1 aliphatic rings. The van der Waals surface area contributed by atoms with Gasteiger partial charge in [0.15, 0.2) is 5.58 Å². The predicted molar refractivity (Wildman–Crippen MR) is 84.4 cm³/mol. The van der Waals surface area contributed by atoms with E-state index in [0.717, 1.165) is 24.6 Å². The number of aliphatic carboxylic acids is 1. The lowest BCUT2D eigenvalue weighted by atomic mass is 10.1. The van der Waals surface area contributed by atoms with E-state index in [1.807, 2.05) is 14.0 Å². The number of hydrogen-bond acceptors (Lipinski definition) is 4. The van der Waals surface area contributed by atoms with Crippen LogP contribution < -0.4 is 5.32 Å². The van der Waals surface area contributed by atoms with Crippen LogP contribution in [0.15, 0.2) is 28.9 Å². The van der Waals surface area contributed by atoms with Gasteiger partial charge in [0.1, 0.15) is 6.29 Å². The van der Waals surface area contributed by atoms with Gasteiger partial charge >= 0.3 is 5.97 Å².